The highest BCUT2D eigenvalue weighted by Gasteiger charge is 2.46. The van der Waals surface area contributed by atoms with Crippen molar-refractivity contribution in [2.45, 2.75) is 51.5 Å². The lowest BCUT2D eigenvalue weighted by molar-refractivity contribution is -0.142. The molecular weight excluding hydrogens is 375 g/mol. The Labute approximate surface area is 163 Å². The molecular formula is C18H24Cl2N4O2. The Hall–Kier alpha value is -1.66. The number of nitrogens with zero attached hydrogens (tertiary/aromatic N) is 3. The van der Waals surface area contributed by atoms with Crippen molar-refractivity contribution in [3.8, 4) is 0 Å². The molecule has 1 aromatic rings. The monoisotopic (exact) mass is 398 g/mol. The van der Waals surface area contributed by atoms with Crippen LogP contribution in [-0.4, -0.2) is 31.6 Å². The van der Waals surface area contributed by atoms with Crippen LogP contribution in [0.3, 0.4) is 0 Å². The molecule has 0 spiro atoms. The fraction of sp³-hybridized carbons (Fsp3) is 0.556. The Balaban J connectivity index is 2.44. The number of aliphatic carboxylic acids is 1. The van der Waals surface area contributed by atoms with E-state index in [9.17, 15) is 9.90 Å². The molecule has 0 fully saturated rings. The van der Waals surface area contributed by atoms with Crippen LogP contribution in [0.2, 0.25) is 10.6 Å². The van der Waals surface area contributed by atoms with E-state index in [1.165, 1.54) is 0 Å². The molecule has 0 radical (unpaired) electrons. The topological polar surface area (TPSA) is 88.0 Å². The van der Waals surface area contributed by atoms with E-state index in [4.69, 9.17) is 23.2 Å². The summed E-state index contributed by atoms with van der Waals surface area (Å²) in [6.07, 6.45) is 12.2. The Morgan fingerprint density at radius 2 is 1.92 bits per heavy atom. The van der Waals surface area contributed by atoms with Crippen LogP contribution in [0.15, 0.2) is 24.3 Å². The summed E-state index contributed by atoms with van der Waals surface area (Å²) in [7, 11) is 0. The molecule has 0 aliphatic heterocycles. The summed E-state index contributed by atoms with van der Waals surface area (Å²) in [5.74, 6) is -1.41. The highest BCUT2D eigenvalue weighted by molar-refractivity contribution is 6.31. The van der Waals surface area contributed by atoms with E-state index in [1.807, 2.05) is 12.2 Å². The number of aromatic nitrogens is 3. The molecule has 26 heavy (non-hydrogen) atoms. The van der Waals surface area contributed by atoms with Gasteiger partial charge in [-0.1, -0.05) is 63.8 Å². The van der Waals surface area contributed by atoms with Crippen molar-refractivity contribution in [1.29, 1.82) is 0 Å². The minimum Gasteiger partial charge on any atom is -0.481 e. The second kappa shape index (κ2) is 9.33. The minimum atomic E-state index is -0.904. The number of unbranched alkanes of at least 4 members (excludes halogenated alkanes) is 2. The summed E-state index contributed by atoms with van der Waals surface area (Å²) in [6.45, 7) is 4.21. The third-order valence-electron chi connectivity index (χ3n) is 4.80. The number of carboxylic acids is 1. The molecule has 0 saturated carbocycles. The number of rotatable bonds is 9. The fourth-order valence-corrected chi connectivity index (χ4v) is 3.91. The van der Waals surface area contributed by atoms with Crippen LogP contribution >= 0.6 is 23.2 Å². The van der Waals surface area contributed by atoms with E-state index < -0.39 is 17.4 Å². The van der Waals surface area contributed by atoms with Gasteiger partial charge in [-0.15, -0.1) is 0 Å². The lowest BCUT2D eigenvalue weighted by atomic mass is 9.68. The molecule has 2 N–H and O–H groups in total. The summed E-state index contributed by atoms with van der Waals surface area (Å²) in [5, 5.41) is 13.0. The van der Waals surface area contributed by atoms with Gasteiger partial charge in [0.2, 0.25) is 16.5 Å². The van der Waals surface area contributed by atoms with Crippen LogP contribution in [0.5, 0.6) is 0 Å². The van der Waals surface area contributed by atoms with Gasteiger partial charge >= 0.3 is 5.97 Å². The number of halogens is 2. The summed E-state index contributed by atoms with van der Waals surface area (Å²) in [6, 6.07) is 0. The first-order valence-electron chi connectivity index (χ1n) is 8.87. The van der Waals surface area contributed by atoms with Gasteiger partial charge in [-0.05, 0) is 35.5 Å². The first-order chi connectivity index (χ1) is 12.4. The maximum Gasteiger partial charge on any atom is 0.313 e. The number of carboxylic acid groups (broad SMARTS) is 1. The van der Waals surface area contributed by atoms with Gasteiger partial charge in [0.25, 0.3) is 0 Å². The van der Waals surface area contributed by atoms with Crippen LogP contribution in [0.1, 0.15) is 46.0 Å². The van der Waals surface area contributed by atoms with Gasteiger partial charge in [-0.3, -0.25) is 4.79 Å². The van der Waals surface area contributed by atoms with Gasteiger partial charge in [-0.25, -0.2) is 0 Å². The van der Waals surface area contributed by atoms with Crippen molar-refractivity contribution in [3.63, 3.8) is 0 Å². The van der Waals surface area contributed by atoms with E-state index in [1.54, 1.807) is 12.2 Å². The number of carbonyl (C=O) groups is 1. The Kier molecular flexibility index (Phi) is 7.41. The van der Waals surface area contributed by atoms with Crippen LogP contribution in [-0.2, 0) is 4.79 Å². The maximum atomic E-state index is 12.0. The largest absolute Gasteiger partial charge is 0.481 e. The molecule has 3 atom stereocenters. The number of hydrogen-bond donors (Lipinski definition) is 2. The molecule has 1 aliphatic rings. The number of allylic oxidation sites excluding steroid dienone is 2. The van der Waals surface area contributed by atoms with Crippen molar-refractivity contribution in [2.24, 2.45) is 11.8 Å². The average Bonchev–Trinajstić information content (AvgIpc) is 2.58. The van der Waals surface area contributed by atoms with Gasteiger partial charge in [0.05, 0.1) is 5.54 Å². The fourth-order valence-electron chi connectivity index (χ4n) is 3.55. The van der Waals surface area contributed by atoms with E-state index in [-0.39, 0.29) is 22.4 Å². The Morgan fingerprint density at radius 1 is 1.23 bits per heavy atom. The zero-order valence-corrected chi connectivity index (χ0v) is 16.5. The maximum absolute atomic E-state index is 12.0. The summed E-state index contributed by atoms with van der Waals surface area (Å²) < 4.78 is 0. The molecule has 8 heteroatoms. The smallest absolute Gasteiger partial charge is 0.313 e. The van der Waals surface area contributed by atoms with Crippen molar-refractivity contribution in [1.82, 2.24) is 15.0 Å². The van der Waals surface area contributed by atoms with Crippen molar-refractivity contribution >= 4 is 35.1 Å². The summed E-state index contributed by atoms with van der Waals surface area (Å²) >= 11 is 11.8. The second-order valence-corrected chi connectivity index (χ2v) is 7.09. The molecule has 3 unspecified atom stereocenters. The molecule has 1 heterocycles. The van der Waals surface area contributed by atoms with E-state index in [0.29, 0.717) is 0 Å². The zero-order valence-electron chi connectivity index (χ0n) is 15.0. The van der Waals surface area contributed by atoms with Crippen LogP contribution in [0, 0.1) is 11.8 Å². The summed E-state index contributed by atoms with van der Waals surface area (Å²) in [5.41, 5.74) is -0.864. The van der Waals surface area contributed by atoms with Crippen LogP contribution in [0.25, 0.3) is 0 Å². The molecule has 0 saturated heterocycles. The standard InChI is InChI=1S/C18H24Cl2N4O2/c1-3-5-6-9-12(4-2)18(11-8-7-10-13(18)14(25)26)24-17-22-15(19)21-16(20)23-17/h7-8,10-13H,3-6,9H2,1-2H3,(H,25,26)(H,21,22,23,24). The van der Waals surface area contributed by atoms with Gasteiger partial charge in [-0.2, -0.15) is 15.0 Å². The van der Waals surface area contributed by atoms with Gasteiger partial charge in [0.1, 0.15) is 5.92 Å². The third-order valence-corrected chi connectivity index (χ3v) is 5.14. The van der Waals surface area contributed by atoms with Gasteiger partial charge in [0, 0.05) is 0 Å². The molecule has 6 nitrogen and oxygen atoms in total. The molecule has 2 rings (SSSR count). The van der Waals surface area contributed by atoms with Crippen molar-refractivity contribution in [2.75, 3.05) is 5.32 Å². The first-order valence-corrected chi connectivity index (χ1v) is 9.62. The van der Waals surface area contributed by atoms with E-state index in [0.717, 1.165) is 32.1 Å². The quantitative estimate of drug-likeness (QED) is 0.582. The Bertz CT molecular complexity index is 676. The van der Waals surface area contributed by atoms with Crippen molar-refractivity contribution in [3.05, 3.63) is 34.9 Å². The van der Waals surface area contributed by atoms with E-state index in [2.05, 4.69) is 34.1 Å². The first kappa shape index (κ1) is 20.6. The van der Waals surface area contributed by atoms with E-state index >= 15 is 0 Å². The molecule has 0 amide bonds. The van der Waals surface area contributed by atoms with Gasteiger partial charge < -0.3 is 10.4 Å². The molecule has 0 bridgehead atoms. The highest BCUT2D eigenvalue weighted by atomic mass is 35.5. The minimum absolute atomic E-state index is 0.0381. The molecule has 1 aromatic heterocycles. The SMILES string of the molecule is CCCCCC(CC)C1(Nc2nc(Cl)nc(Cl)n2)C=CC=CC1C(=O)O. The third kappa shape index (κ3) is 4.74. The zero-order chi connectivity index (χ0) is 19.2. The number of hydrogen-bond acceptors (Lipinski definition) is 5. The lowest BCUT2D eigenvalue weighted by Crippen LogP contribution is -2.53. The summed E-state index contributed by atoms with van der Waals surface area (Å²) in [4.78, 5) is 23.9. The molecule has 142 valence electrons. The molecule has 0 aromatic carbocycles. The highest BCUT2D eigenvalue weighted by Crippen LogP contribution is 2.39. The average molecular weight is 399 g/mol. The Morgan fingerprint density at radius 3 is 2.50 bits per heavy atom. The number of nitrogens with one attached hydrogen (secondary N) is 1. The van der Waals surface area contributed by atoms with Gasteiger partial charge in [0.15, 0.2) is 0 Å². The molecule has 1 aliphatic carbocycles. The van der Waals surface area contributed by atoms with Crippen LogP contribution in [0.4, 0.5) is 5.95 Å². The predicted octanol–water partition coefficient (Wildman–Crippen LogP) is 4.76. The van der Waals surface area contributed by atoms with Crippen LogP contribution < -0.4 is 5.32 Å². The predicted molar refractivity (Wildman–Crippen MR) is 104 cm³/mol. The number of anilines is 1. The second-order valence-electron chi connectivity index (χ2n) is 6.42. The van der Waals surface area contributed by atoms with Crippen molar-refractivity contribution < 1.29 is 9.90 Å². The normalized spacial score (nSPS) is 23.0. The lowest BCUT2D eigenvalue weighted by Gasteiger charge is -2.43.